The number of nitro groups is 1. The van der Waals surface area contributed by atoms with Crippen LogP contribution < -0.4 is 5.32 Å². The maximum Gasteiger partial charge on any atom is 0.327 e. The molecule has 2 unspecified atom stereocenters. The fraction of sp³-hybridized carbons (Fsp3) is 0.500. The SMILES string of the molecule is CC1CC(Nc2cc(F)cc(F)c2[N+](=O)[O-])CCO1. The van der Waals surface area contributed by atoms with Crippen molar-refractivity contribution in [3.05, 3.63) is 33.9 Å². The van der Waals surface area contributed by atoms with Gasteiger partial charge in [-0.1, -0.05) is 0 Å². The van der Waals surface area contributed by atoms with Crippen LogP contribution in [0.3, 0.4) is 0 Å². The number of anilines is 1. The van der Waals surface area contributed by atoms with Gasteiger partial charge < -0.3 is 10.1 Å². The zero-order chi connectivity index (χ0) is 14.0. The molecule has 1 saturated heterocycles. The van der Waals surface area contributed by atoms with Crippen molar-refractivity contribution < 1.29 is 18.4 Å². The Morgan fingerprint density at radius 1 is 1.47 bits per heavy atom. The summed E-state index contributed by atoms with van der Waals surface area (Å²) >= 11 is 0. The van der Waals surface area contributed by atoms with E-state index >= 15 is 0 Å². The lowest BCUT2D eigenvalue weighted by molar-refractivity contribution is -0.386. The van der Waals surface area contributed by atoms with E-state index in [0.29, 0.717) is 25.5 Å². The molecule has 1 aromatic carbocycles. The smallest absolute Gasteiger partial charge is 0.327 e. The number of hydrogen-bond donors (Lipinski definition) is 1. The summed E-state index contributed by atoms with van der Waals surface area (Å²) in [4.78, 5) is 9.99. The molecule has 2 rings (SSSR count). The van der Waals surface area contributed by atoms with Crippen LogP contribution in [-0.4, -0.2) is 23.7 Å². The number of rotatable bonds is 3. The molecule has 0 aromatic heterocycles. The Morgan fingerprint density at radius 3 is 2.84 bits per heavy atom. The van der Waals surface area contributed by atoms with Gasteiger partial charge in [-0.25, -0.2) is 4.39 Å². The highest BCUT2D eigenvalue weighted by molar-refractivity contribution is 5.62. The van der Waals surface area contributed by atoms with Gasteiger partial charge in [0.25, 0.3) is 0 Å². The van der Waals surface area contributed by atoms with E-state index in [-0.39, 0.29) is 17.8 Å². The van der Waals surface area contributed by atoms with E-state index in [9.17, 15) is 18.9 Å². The Balaban J connectivity index is 2.25. The third kappa shape index (κ3) is 3.17. The summed E-state index contributed by atoms with van der Waals surface area (Å²) in [7, 11) is 0. The minimum atomic E-state index is -1.17. The second-order valence-corrected chi connectivity index (χ2v) is 4.59. The fourth-order valence-electron chi connectivity index (χ4n) is 2.21. The van der Waals surface area contributed by atoms with Crippen LogP contribution in [-0.2, 0) is 4.74 Å². The molecule has 1 aliphatic rings. The van der Waals surface area contributed by atoms with Gasteiger partial charge in [-0.05, 0) is 19.8 Å². The van der Waals surface area contributed by atoms with Gasteiger partial charge in [0.1, 0.15) is 11.5 Å². The molecular weight excluding hydrogens is 258 g/mol. The number of ether oxygens (including phenoxy) is 1. The van der Waals surface area contributed by atoms with Crippen LogP contribution in [0.5, 0.6) is 0 Å². The molecule has 0 radical (unpaired) electrons. The zero-order valence-corrected chi connectivity index (χ0v) is 10.4. The summed E-state index contributed by atoms with van der Waals surface area (Å²) in [5.41, 5.74) is -0.845. The highest BCUT2D eigenvalue weighted by Crippen LogP contribution is 2.30. The van der Waals surface area contributed by atoms with Crippen LogP contribution in [0.2, 0.25) is 0 Å². The Bertz CT molecular complexity index is 496. The van der Waals surface area contributed by atoms with Crippen molar-refractivity contribution in [2.45, 2.75) is 31.9 Å². The normalized spacial score (nSPS) is 23.1. The van der Waals surface area contributed by atoms with Crippen LogP contribution in [0.1, 0.15) is 19.8 Å². The van der Waals surface area contributed by atoms with Crippen molar-refractivity contribution in [1.82, 2.24) is 0 Å². The number of halogens is 2. The second kappa shape index (κ2) is 5.48. The molecule has 2 atom stereocenters. The Hall–Kier alpha value is -1.76. The standard InChI is InChI=1S/C12H14F2N2O3/c1-7-4-9(2-3-19-7)15-11-6-8(13)5-10(14)12(11)16(17)18/h5-7,9,15H,2-4H2,1H3. The maximum atomic E-state index is 13.4. The molecule has 1 aliphatic heterocycles. The van der Waals surface area contributed by atoms with Crippen molar-refractivity contribution >= 4 is 11.4 Å². The molecule has 104 valence electrons. The highest BCUT2D eigenvalue weighted by Gasteiger charge is 2.26. The van der Waals surface area contributed by atoms with E-state index in [1.165, 1.54) is 0 Å². The topological polar surface area (TPSA) is 64.4 Å². The average Bonchev–Trinajstić information content (AvgIpc) is 2.26. The first-order valence-corrected chi connectivity index (χ1v) is 5.99. The predicted molar refractivity (Wildman–Crippen MR) is 65.1 cm³/mol. The number of benzene rings is 1. The number of nitrogens with zero attached hydrogens (tertiary/aromatic N) is 1. The van der Waals surface area contributed by atoms with Crippen molar-refractivity contribution in [3.63, 3.8) is 0 Å². The van der Waals surface area contributed by atoms with E-state index in [1.807, 2.05) is 6.92 Å². The molecular formula is C12H14F2N2O3. The lowest BCUT2D eigenvalue weighted by Gasteiger charge is -2.28. The highest BCUT2D eigenvalue weighted by atomic mass is 19.1. The maximum absolute atomic E-state index is 13.4. The van der Waals surface area contributed by atoms with Crippen LogP contribution in [0.25, 0.3) is 0 Å². The van der Waals surface area contributed by atoms with Gasteiger partial charge in [-0.15, -0.1) is 0 Å². The Morgan fingerprint density at radius 2 is 2.21 bits per heavy atom. The van der Waals surface area contributed by atoms with Crippen LogP contribution in [0, 0.1) is 21.7 Å². The fourth-order valence-corrected chi connectivity index (χ4v) is 2.21. The summed E-state index contributed by atoms with van der Waals surface area (Å²) in [5.74, 6) is -2.02. The van der Waals surface area contributed by atoms with E-state index in [1.54, 1.807) is 0 Å². The van der Waals surface area contributed by atoms with Crippen molar-refractivity contribution in [2.24, 2.45) is 0 Å². The van der Waals surface area contributed by atoms with Gasteiger partial charge in [-0.2, -0.15) is 4.39 Å². The Labute approximate surface area is 108 Å². The van der Waals surface area contributed by atoms with Gasteiger partial charge in [0.05, 0.1) is 11.0 Å². The van der Waals surface area contributed by atoms with Crippen molar-refractivity contribution in [3.8, 4) is 0 Å². The van der Waals surface area contributed by atoms with Gasteiger partial charge in [0.15, 0.2) is 0 Å². The number of hydrogen-bond acceptors (Lipinski definition) is 4. The molecule has 5 nitrogen and oxygen atoms in total. The minimum Gasteiger partial charge on any atom is -0.378 e. The molecule has 0 amide bonds. The predicted octanol–water partition coefficient (Wildman–Crippen LogP) is 2.85. The average molecular weight is 272 g/mol. The largest absolute Gasteiger partial charge is 0.378 e. The monoisotopic (exact) mass is 272 g/mol. The third-order valence-electron chi connectivity index (χ3n) is 3.06. The van der Waals surface area contributed by atoms with Gasteiger partial charge in [0.2, 0.25) is 5.82 Å². The lowest BCUT2D eigenvalue weighted by Crippen LogP contribution is -2.32. The molecule has 7 heteroatoms. The summed E-state index contributed by atoms with van der Waals surface area (Å²) < 4.78 is 32.0. The first-order chi connectivity index (χ1) is 8.97. The molecule has 19 heavy (non-hydrogen) atoms. The summed E-state index contributed by atoms with van der Waals surface area (Å²) in [5, 5.41) is 13.7. The summed E-state index contributed by atoms with van der Waals surface area (Å²) in [6, 6.07) is 1.36. The molecule has 0 bridgehead atoms. The van der Waals surface area contributed by atoms with Crippen molar-refractivity contribution in [2.75, 3.05) is 11.9 Å². The van der Waals surface area contributed by atoms with Gasteiger partial charge in [-0.3, -0.25) is 10.1 Å². The molecule has 1 aromatic rings. The van der Waals surface area contributed by atoms with E-state index < -0.39 is 22.2 Å². The molecule has 1 heterocycles. The summed E-state index contributed by atoms with van der Waals surface area (Å²) in [6.45, 7) is 2.40. The minimum absolute atomic E-state index is 0.0173. The first kappa shape index (κ1) is 13.7. The van der Waals surface area contributed by atoms with Gasteiger partial charge in [0, 0.05) is 24.8 Å². The zero-order valence-electron chi connectivity index (χ0n) is 10.4. The van der Waals surface area contributed by atoms with Gasteiger partial charge >= 0.3 is 5.69 Å². The molecule has 1 fully saturated rings. The van der Waals surface area contributed by atoms with E-state index in [0.717, 1.165) is 6.07 Å². The Kier molecular flexibility index (Phi) is 3.94. The molecule has 1 N–H and O–H groups in total. The lowest BCUT2D eigenvalue weighted by atomic mass is 10.0. The number of nitro benzene ring substituents is 1. The third-order valence-corrected chi connectivity index (χ3v) is 3.06. The summed E-state index contributed by atoms with van der Waals surface area (Å²) in [6.07, 6.45) is 1.29. The number of nitrogens with one attached hydrogen (secondary N) is 1. The molecule has 0 spiro atoms. The first-order valence-electron chi connectivity index (χ1n) is 5.99. The second-order valence-electron chi connectivity index (χ2n) is 4.59. The van der Waals surface area contributed by atoms with Crippen LogP contribution in [0.4, 0.5) is 20.2 Å². The van der Waals surface area contributed by atoms with Crippen LogP contribution in [0.15, 0.2) is 12.1 Å². The van der Waals surface area contributed by atoms with Crippen LogP contribution >= 0.6 is 0 Å². The molecule has 0 aliphatic carbocycles. The van der Waals surface area contributed by atoms with E-state index in [2.05, 4.69) is 5.32 Å². The molecule has 0 saturated carbocycles. The quantitative estimate of drug-likeness (QED) is 0.678. The van der Waals surface area contributed by atoms with E-state index in [4.69, 9.17) is 4.74 Å². The van der Waals surface area contributed by atoms with Crippen molar-refractivity contribution in [1.29, 1.82) is 0 Å².